The molecule has 0 unspecified atom stereocenters. The van der Waals surface area contributed by atoms with Crippen molar-refractivity contribution in [2.75, 3.05) is 6.61 Å². The van der Waals surface area contributed by atoms with Crippen molar-refractivity contribution in [3.63, 3.8) is 0 Å². The van der Waals surface area contributed by atoms with Gasteiger partial charge in [-0.15, -0.1) is 0 Å². The van der Waals surface area contributed by atoms with Crippen molar-refractivity contribution in [3.8, 4) is 0 Å². The predicted molar refractivity (Wildman–Crippen MR) is 46.6 cm³/mol. The molecule has 1 fully saturated rings. The lowest BCUT2D eigenvalue weighted by Gasteiger charge is -1.93. The fourth-order valence-corrected chi connectivity index (χ4v) is 1.33. The SMILES string of the molecule is OC[C@@H]1O[C@H]1c1ccc(Br)cn1. The molecule has 4 heteroatoms. The van der Waals surface area contributed by atoms with Gasteiger partial charge in [-0.2, -0.15) is 0 Å². The van der Waals surface area contributed by atoms with Crippen LogP contribution >= 0.6 is 15.9 Å². The van der Waals surface area contributed by atoms with Crippen molar-refractivity contribution in [1.82, 2.24) is 4.98 Å². The minimum absolute atomic E-state index is 0.00287. The third kappa shape index (κ3) is 1.50. The molecule has 2 atom stereocenters. The fourth-order valence-electron chi connectivity index (χ4n) is 1.10. The van der Waals surface area contributed by atoms with Crippen molar-refractivity contribution in [1.29, 1.82) is 0 Å². The molecule has 0 amide bonds. The average molecular weight is 230 g/mol. The van der Waals surface area contributed by atoms with Gasteiger partial charge in [-0.05, 0) is 28.1 Å². The van der Waals surface area contributed by atoms with E-state index in [1.807, 2.05) is 12.1 Å². The van der Waals surface area contributed by atoms with Gasteiger partial charge in [-0.3, -0.25) is 4.98 Å². The second kappa shape index (κ2) is 3.12. The lowest BCUT2D eigenvalue weighted by Crippen LogP contribution is -1.95. The molecular formula is C8H8BrNO2. The first kappa shape index (κ1) is 8.16. The number of aliphatic hydroxyl groups is 1. The molecule has 0 bridgehead atoms. The highest BCUT2D eigenvalue weighted by molar-refractivity contribution is 9.10. The van der Waals surface area contributed by atoms with E-state index in [-0.39, 0.29) is 18.8 Å². The maximum atomic E-state index is 8.73. The minimum Gasteiger partial charge on any atom is -0.394 e. The highest BCUT2D eigenvalue weighted by Crippen LogP contribution is 2.37. The molecule has 64 valence electrons. The second-order valence-electron chi connectivity index (χ2n) is 2.68. The van der Waals surface area contributed by atoms with Gasteiger partial charge >= 0.3 is 0 Å². The van der Waals surface area contributed by atoms with E-state index in [1.165, 1.54) is 0 Å². The first-order valence-electron chi connectivity index (χ1n) is 3.69. The molecule has 0 aliphatic carbocycles. The first-order valence-corrected chi connectivity index (χ1v) is 4.48. The number of hydrogen-bond donors (Lipinski definition) is 1. The number of epoxide rings is 1. The Morgan fingerprint density at radius 2 is 2.42 bits per heavy atom. The minimum atomic E-state index is -0.0429. The van der Waals surface area contributed by atoms with Gasteiger partial charge < -0.3 is 9.84 Å². The van der Waals surface area contributed by atoms with E-state index in [1.54, 1.807) is 6.20 Å². The van der Waals surface area contributed by atoms with Crippen LogP contribution in [0.5, 0.6) is 0 Å². The Bertz CT molecular complexity index is 275. The Labute approximate surface area is 78.5 Å². The molecule has 0 spiro atoms. The van der Waals surface area contributed by atoms with E-state index >= 15 is 0 Å². The molecule has 0 radical (unpaired) electrons. The van der Waals surface area contributed by atoms with Gasteiger partial charge in [0.25, 0.3) is 0 Å². The Morgan fingerprint density at radius 3 is 2.92 bits per heavy atom. The predicted octanol–water partition coefficient (Wildman–Crippen LogP) is 1.28. The molecule has 3 nitrogen and oxygen atoms in total. The van der Waals surface area contributed by atoms with E-state index in [9.17, 15) is 0 Å². The molecule has 0 aromatic carbocycles. The first-order chi connectivity index (χ1) is 5.81. The van der Waals surface area contributed by atoms with Crippen LogP contribution in [0, 0.1) is 0 Å². The van der Waals surface area contributed by atoms with Crippen molar-refractivity contribution in [3.05, 3.63) is 28.5 Å². The molecule has 1 saturated heterocycles. The van der Waals surface area contributed by atoms with Crippen molar-refractivity contribution in [2.45, 2.75) is 12.2 Å². The van der Waals surface area contributed by atoms with Crippen LogP contribution in [0.15, 0.2) is 22.8 Å². The number of nitrogens with zero attached hydrogens (tertiary/aromatic N) is 1. The number of rotatable bonds is 2. The summed E-state index contributed by atoms with van der Waals surface area (Å²) in [7, 11) is 0. The lowest BCUT2D eigenvalue weighted by atomic mass is 10.2. The molecular weight excluding hydrogens is 222 g/mol. The largest absolute Gasteiger partial charge is 0.394 e. The maximum absolute atomic E-state index is 8.73. The topological polar surface area (TPSA) is 45.6 Å². The maximum Gasteiger partial charge on any atom is 0.128 e. The zero-order chi connectivity index (χ0) is 8.55. The molecule has 12 heavy (non-hydrogen) atoms. The summed E-state index contributed by atoms with van der Waals surface area (Å²) in [5, 5.41) is 8.73. The smallest absolute Gasteiger partial charge is 0.128 e. The van der Waals surface area contributed by atoms with E-state index < -0.39 is 0 Å². The monoisotopic (exact) mass is 229 g/mol. The van der Waals surface area contributed by atoms with Gasteiger partial charge in [0.05, 0.1) is 12.3 Å². The fraction of sp³-hybridized carbons (Fsp3) is 0.375. The van der Waals surface area contributed by atoms with Crippen LogP contribution in [0.1, 0.15) is 11.8 Å². The highest BCUT2D eigenvalue weighted by atomic mass is 79.9. The standard InChI is InChI=1S/C8H8BrNO2/c9-5-1-2-6(10-3-5)8-7(4-11)12-8/h1-3,7-8,11H,4H2/t7-,8-/m0/s1. The van der Waals surface area contributed by atoms with Gasteiger partial charge in [0.1, 0.15) is 12.2 Å². The van der Waals surface area contributed by atoms with E-state index in [0.717, 1.165) is 10.2 Å². The van der Waals surface area contributed by atoms with Crippen LogP contribution < -0.4 is 0 Å². The van der Waals surface area contributed by atoms with Crippen molar-refractivity contribution >= 4 is 15.9 Å². The normalized spacial score (nSPS) is 27.2. The summed E-state index contributed by atoms with van der Waals surface area (Å²) in [6.07, 6.45) is 1.69. The van der Waals surface area contributed by atoms with Crippen LogP contribution in [0.3, 0.4) is 0 Å². The van der Waals surface area contributed by atoms with Crippen LogP contribution in [-0.2, 0) is 4.74 Å². The zero-order valence-corrected chi connectivity index (χ0v) is 7.86. The van der Waals surface area contributed by atoms with E-state index in [0.29, 0.717) is 0 Å². The number of aliphatic hydroxyl groups excluding tert-OH is 1. The summed E-state index contributed by atoms with van der Waals surface area (Å²) in [6, 6.07) is 3.81. The molecule has 2 rings (SSSR count). The zero-order valence-electron chi connectivity index (χ0n) is 6.27. The van der Waals surface area contributed by atoms with Gasteiger partial charge in [-0.1, -0.05) is 0 Å². The number of hydrogen-bond acceptors (Lipinski definition) is 3. The summed E-state index contributed by atoms with van der Waals surface area (Å²) in [5.41, 5.74) is 0.886. The summed E-state index contributed by atoms with van der Waals surface area (Å²) in [5.74, 6) is 0. The summed E-state index contributed by atoms with van der Waals surface area (Å²) in [6.45, 7) is 0.0718. The Balaban J connectivity index is 2.10. The van der Waals surface area contributed by atoms with Crippen molar-refractivity contribution in [2.24, 2.45) is 0 Å². The molecule has 1 N–H and O–H groups in total. The van der Waals surface area contributed by atoms with Gasteiger partial charge in [-0.25, -0.2) is 0 Å². The number of halogens is 1. The van der Waals surface area contributed by atoms with E-state index in [4.69, 9.17) is 9.84 Å². The second-order valence-corrected chi connectivity index (χ2v) is 3.59. The highest BCUT2D eigenvalue weighted by Gasteiger charge is 2.40. The number of aromatic nitrogens is 1. The Kier molecular flexibility index (Phi) is 2.12. The van der Waals surface area contributed by atoms with Crippen LogP contribution in [-0.4, -0.2) is 22.8 Å². The Morgan fingerprint density at radius 1 is 1.58 bits per heavy atom. The summed E-state index contributed by atoms with van der Waals surface area (Å²) in [4.78, 5) is 4.16. The van der Waals surface area contributed by atoms with Crippen LogP contribution in [0.2, 0.25) is 0 Å². The van der Waals surface area contributed by atoms with Gasteiger partial charge in [0.2, 0.25) is 0 Å². The quantitative estimate of drug-likeness (QED) is 0.778. The Hall–Kier alpha value is -0.450. The summed E-state index contributed by atoms with van der Waals surface area (Å²) >= 11 is 3.29. The molecule has 1 aromatic heterocycles. The van der Waals surface area contributed by atoms with Gasteiger partial charge in [0, 0.05) is 10.7 Å². The average Bonchev–Trinajstić information content (AvgIpc) is 2.85. The van der Waals surface area contributed by atoms with Gasteiger partial charge in [0.15, 0.2) is 0 Å². The van der Waals surface area contributed by atoms with E-state index in [2.05, 4.69) is 20.9 Å². The molecule has 2 heterocycles. The molecule has 0 saturated carbocycles. The lowest BCUT2D eigenvalue weighted by molar-refractivity contribution is 0.242. The van der Waals surface area contributed by atoms with Crippen LogP contribution in [0.25, 0.3) is 0 Å². The number of pyridine rings is 1. The molecule has 1 aliphatic rings. The van der Waals surface area contributed by atoms with Crippen LogP contribution in [0.4, 0.5) is 0 Å². The van der Waals surface area contributed by atoms with Crippen molar-refractivity contribution < 1.29 is 9.84 Å². The number of ether oxygens (including phenoxy) is 1. The third-order valence-electron chi connectivity index (χ3n) is 1.80. The molecule has 1 aromatic rings. The third-order valence-corrected chi connectivity index (χ3v) is 2.27. The molecule has 1 aliphatic heterocycles. The summed E-state index contributed by atoms with van der Waals surface area (Å²) < 4.78 is 6.12.